The lowest BCUT2D eigenvalue weighted by Gasteiger charge is -2.43. The summed E-state index contributed by atoms with van der Waals surface area (Å²) in [5, 5.41) is 4.82. The van der Waals surface area contributed by atoms with Crippen molar-refractivity contribution < 1.29 is 0 Å². The van der Waals surface area contributed by atoms with E-state index >= 15 is 0 Å². The molecule has 1 saturated heterocycles. The number of fused-ring (bicyclic) bond motifs is 1. The first-order valence-corrected chi connectivity index (χ1v) is 8.22. The highest BCUT2D eigenvalue weighted by molar-refractivity contribution is 5.85. The molecule has 1 aliphatic carbocycles. The Hall–Kier alpha value is -0.870. The number of pyridine rings is 1. The molecule has 5 heteroatoms. The average Bonchev–Trinajstić information content (AvgIpc) is 2.51. The molecule has 1 aromatic heterocycles. The van der Waals surface area contributed by atoms with Crippen molar-refractivity contribution >= 4 is 35.7 Å². The molecule has 2 aliphatic rings. The van der Waals surface area contributed by atoms with E-state index in [4.69, 9.17) is 0 Å². The van der Waals surface area contributed by atoms with E-state index in [0.29, 0.717) is 6.04 Å². The van der Waals surface area contributed by atoms with Gasteiger partial charge in [0.1, 0.15) is 0 Å². The van der Waals surface area contributed by atoms with Crippen LogP contribution < -0.4 is 5.32 Å². The number of nitrogens with one attached hydrogen (secondary N) is 1. The van der Waals surface area contributed by atoms with Crippen LogP contribution in [0.1, 0.15) is 30.9 Å². The SMILES string of the molecule is Cl.Cl.c1ccc2c([C@H](C3CCC3)N3CCNCC3)ccnc2c1. The van der Waals surface area contributed by atoms with Crippen molar-refractivity contribution in [1.29, 1.82) is 0 Å². The minimum absolute atomic E-state index is 0. The normalized spacial score (nSPS) is 20.2. The molecular formula is C18H25Cl2N3. The summed E-state index contributed by atoms with van der Waals surface area (Å²) in [5.41, 5.74) is 2.63. The standard InChI is InChI=1S/C18H23N3.2ClH/c1-2-7-17-15(6-1)16(8-9-20-17)18(14-4-3-5-14)21-12-10-19-11-13-21;;/h1-2,6-9,14,18-19H,3-5,10-13H2;2*1H/t18-;;/m0../s1. The summed E-state index contributed by atoms with van der Waals surface area (Å²) in [7, 11) is 0. The second-order valence-electron chi connectivity index (χ2n) is 6.34. The van der Waals surface area contributed by atoms with Crippen LogP contribution >= 0.6 is 24.8 Å². The molecule has 2 heterocycles. The van der Waals surface area contributed by atoms with Crippen molar-refractivity contribution in [2.45, 2.75) is 25.3 Å². The minimum atomic E-state index is 0. The van der Waals surface area contributed by atoms with E-state index in [1.54, 1.807) is 0 Å². The lowest BCUT2D eigenvalue weighted by Crippen LogP contribution is -2.47. The maximum atomic E-state index is 4.54. The molecule has 0 radical (unpaired) electrons. The van der Waals surface area contributed by atoms with Crippen molar-refractivity contribution in [2.24, 2.45) is 5.92 Å². The Morgan fingerprint density at radius 3 is 2.48 bits per heavy atom. The molecule has 1 saturated carbocycles. The number of piperazine rings is 1. The summed E-state index contributed by atoms with van der Waals surface area (Å²) in [6.07, 6.45) is 6.15. The van der Waals surface area contributed by atoms with Crippen LogP contribution in [-0.2, 0) is 0 Å². The molecule has 0 bridgehead atoms. The summed E-state index contributed by atoms with van der Waals surface area (Å²) in [4.78, 5) is 7.24. The molecule has 3 nitrogen and oxygen atoms in total. The van der Waals surface area contributed by atoms with Crippen LogP contribution in [0.25, 0.3) is 10.9 Å². The topological polar surface area (TPSA) is 28.2 Å². The van der Waals surface area contributed by atoms with Crippen molar-refractivity contribution in [3.8, 4) is 0 Å². The van der Waals surface area contributed by atoms with Gasteiger partial charge in [-0.15, -0.1) is 24.8 Å². The average molecular weight is 354 g/mol. The first kappa shape index (κ1) is 18.5. The van der Waals surface area contributed by atoms with Gasteiger partial charge in [-0.3, -0.25) is 9.88 Å². The maximum absolute atomic E-state index is 4.54. The Morgan fingerprint density at radius 2 is 1.78 bits per heavy atom. The maximum Gasteiger partial charge on any atom is 0.0705 e. The Labute approximate surface area is 150 Å². The zero-order chi connectivity index (χ0) is 14.1. The van der Waals surface area contributed by atoms with Gasteiger partial charge in [-0.05, 0) is 36.5 Å². The summed E-state index contributed by atoms with van der Waals surface area (Å²) < 4.78 is 0. The summed E-state index contributed by atoms with van der Waals surface area (Å²) in [6.45, 7) is 4.56. The zero-order valence-electron chi connectivity index (χ0n) is 13.3. The molecule has 1 N–H and O–H groups in total. The van der Waals surface area contributed by atoms with Gasteiger partial charge >= 0.3 is 0 Å². The van der Waals surface area contributed by atoms with E-state index in [2.05, 4.69) is 45.5 Å². The third kappa shape index (κ3) is 3.63. The van der Waals surface area contributed by atoms with E-state index in [1.807, 2.05) is 6.20 Å². The molecular weight excluding hydrogens is 329 g/mol. The fourth-order valence-electron chi connectivity index (χ4n) is 3.84. The number of para-hydroxylation sites is 1. The van der Waals surface area contributed by atoms with Gasteiger partial charge < -0.3 is 5.32 Å². The van der Waals surface area contributed by atoms with Gasteiger partial charge in [0.25, 0.3) is 0 Å². The third-order valence-electron chi connectivity index (χ3n) is 5.14. The molecule has 4 rings (SSSR count). The monoisotopic (exact) mass is 353 g/mol. The molecule has 2 fully saturated rings. The minimum Gasteiger partial charge on any atom is -0.314 e. The Morgan fingerprint density at radius 1 is 1.04 bits per heavy atom. The van der Waals surface area contributed by atoms with Crippen molar-refractivity contribution in [1.82, 2.24) is 15.2 Å². The van der Waals surface area contributed by atoms with Crippen molar-refractivity contribution in [3.63, 3.8) is 0 Å². The summed E-state index contributed by atoms with van der Waals surface area (Å²) in [5.74, 6) is 0.828. The molecule has 126 valence electrons. The molecule has 2 aromatic rings. The Bertz CT molecular complexity index is 619. The highest BCUT2D eigenvalue weighted by Crippen LogP contribution is 2.43. The second kappa shape index (κ2) is 8.29. The van der Waals surface area contributed by atoms with E-state index in [-0.39, 0.29) is 24.8 Å². The van der Waals surface area contributed by atoms with E-state index in [0.717, 1.165) is 37.6 Å². The van der Waals surface area contributed by atoms with Crippen LogP contribution in [0.2, 0.25) is 0 Å². The van der Waals surface area contributed by atoms with E-state index in [1.165, 1.54) is 30.2 Å². The summed E-state index contributed by atoms with van der Waals surface area (Å²) in [6, 6.07) is 11.4. The van der Waals surface area contributed by atoms with Gasteiger partial charge in [0, 0.05) is 43.8 Å². The van der Waals surface area contributed by atoms with E-state index < -0.39 is 0 Å². The van der Waals surface area contributed by atoms with Gasteiger partial charge in [0.05, 0.1) is 5.52 Å². The zero-order valence-corrected chi connectivity index (χ0v) is 14.9. The fourth-order valence-corrected chi connectivity index (χ4v) is 3.84. The van der Waals surface area contributed by atoms with Gasteiger partial charge in [-0.25, -0.2) is 0 Å². The van der Waals surface area contributed by atoms with Gasteiger partial charge in [0.2, 0.25) is 0 Å². The fraction of sp³-hybridized carbons (Fsp3) is 0.500. The number of hydrogen-bond donors (Lipinski definition) is 1. The predicted molar refractivity (Wildman–Crippen MR) is 101 cm³/mol. The number of aromatic nitrogens is 1. The van der Waals surface area contributed by atoms with Crippen LogP contribution in [-0.4, -0.2) is 36.1 Å². The first-order valence-electron chi connectivity index (χ1n) is 8.22. The molecule has 1 aliphatic heterocycles. The molecule has 0 amide bonds. The largest absolute Gasteiger partial charge is 0.314 e. The van der Waals surface area contributed by atoms with Gasteiger partial charge in [-0.1, -0.05) is 24.6 Å². The summed E-state index contributed by atoms with van der Waals surface area (Å²) >= 11 is 0. The van der Waals surface area contributed by atoms with Crippen LogP contribution in [0.3, 0.4) is 0 Å². The highest BCUT2D eigenvalue weighted by Gasteiger charge is 2.34. The Kier molecular flexibility index (Phi) is 6.66. The van der Waals surface area contributed by atoms with Gasteiger partial charge in [0.15, 0.2) is 0 Å². The van der Waals surface area contributed by atoms with Gasteiger partial charge in [-0.2, -0.15) is 0 Å². The lowest BCUT2D eigenvalue weighted by molar-refractivity contribution is 0.0846. The van der Waals surface area contributed by atoms with Crippen LogP contribution in [0, 0.1) is 5.92 Å². The number of halogens is 2. The smallest absolute Gasteiger partial charge is 0.0705 e. The quantitative estimate of drug-likeness (QED) is 0.908. The number of nitrogens with zero attached hydrogens (tertiary/aromatic N) is 2. The van der Waals surface area contributed by atoms with Crippen LogP contribution in [0.15, 0.2) is 36.5 Å². The number of rotatable bonds is 3. The molecule has 1 atom stereocenters. The molecule has 1 aromatic carbocycles. The van der Waals surface area contributed by atoms with Crippen molar-refractivity contribution in [3.05, 3.63) is 42.1 Å². The second-order valence-corrected chi connectivity index (χ2v) is 6.34. The highest BCUT2D eigenvalue weighted by atomic mass is 35.5. The molecule has 23 heavy (non-hydrogen) atoms. The van der Waals surface area contributed by atoms with Crippen LogP contribution in [0.5, 0.6) is 0 Å². The predicted octanol–water partition coefficient (Wildman–Crippen LogP) is 3.82. The Balaban J connectivity index is 0.000000960. The lowest BCUT2D eigenvalue weighted by atomic mass is 9.75. The molecule has 0 unspecified atom stereocenters. The third-order valence-corrected chi connectivity index (χ3v) is 5.14. The number of hydrogen-bond acceptors (Lipinski definition) is 3. The molecule has 0 spiro atoms. The number of benzene rings is 1. The van der Waals surface area contributed by atoms with Crippen molar-refractivity contribution in [2.75, 3.05) is 26.2 Å². The van der Waals surface area contributed by atoms with E-state index in [9.17, 15) is 0 Å². The first-order chi connectivity index (χ1) is 10.4. The van der Waals surface area contributed by atoms with Crippen LogP contribution in [0.4, 0.5) is 0 Å².